The minimum atomic E-state index is -0.309. The largest absolute Gasteiger partial charge is 0.368 e. The number of hydrogen-bond donors (Lipinski definition) is 4. The van der Waals surface area contributed by atoms with Gasteiger partial charge in [0.15, 0.2) is 5.65 Å². The van der Waals surface area contributed by atoms with Gasteiger partial charge in [0, 0.05) is 24.8 Å². The van der Waals surface area contributed by atoms with Gasteiger partial charge in [0.05, 0.1) is 11.6 Å². The Bertz CT molecular complexity index is 1270. The van der Waals surface area contributed by atoms with Crippen LogP contribution in [0.25, 0.3) is 11.0 Å². The molecule has 1 atom stereocenters. The molecular weight excluding hydrogens is 411 g/mol. The van der Waals surface area contributed by atoms with Gasteiger partial charge >= 0.3 is 6.03 Å². The number of anilines is 3. The van der Waals surface area contributed by atoms with E-state index in [1.54, 1.807) is 23.2 Å². The molecule has 0 spiro atoms. The van der Waals surface area contributed by atoms with Crippen molar-refractivity contribution in [3.05, 3.63) is 71.7 Å². The third-order valence-corrected chi connectivity index (χ3v) is 5.42. The van der Waals surface area contributed by atoms with Crippen LogP contribution in [0.2, 0.25) is 0 Å². The van der Waals surface area contributed by atoms with Crippen molar-refractivity contribution in [1.82, 2.24) is 25.5 Å². The number of urea groups is 1. The average Bonchev–Trinajstić information content (AvgIpc) is 3.26. The van der Waals surface area contributed by atoms with E-state index in [4.69, 9.17) is 5.73 Å². The summed E-state index contributed by atoms with van der Waals surface area (Å²) in [5.74, 6) is 0.391. The van der Waals surface area contributed by atoms with Gasteiger partial charge in [0.1, 0.15) is 11.6 Å². The lowest BCUT2D eigenvalue weighted by Gasteiger charge is -2.35. The number of aromatic amines is 1. The Morgan fingerprint density at radius 3 is 2.84 bits per heavy atom. The van der Waals surface area contributed by atoms with E-state index in [2.05, 4.69) is 30.8 Å². The van der Waals surface area contributed by atoms with Crippen LogP contribution in [0.5, 0.6) is 0 Å². The molecule has 4 aromatic rings. The van der Waals surface area contributed by atoms with Gasteiger partial charge < -0.3 is 16.4 Å². The van der Waals surface area contributed by atoms with Crippen molar-refractivity contribution in [3.63, 3.8) is 0 Å². The molecule has 3 heterocycles. The number of carbonyl (C=O) groups is 1. The van der Waals surface area contributed by atoms with E-state index >= 15 is 0 Å². The summed E-state index contributed by atoms with van der Waals surface area (Å²) < 4.78 is 13.1. The molecule has 0 bridgehead atoms. The predicted molar refractivity (Wildman–Crippen MR) is 120 cm³/mol. The third-order valence-electron chi connectivity index (χ3n) is 5.42. The number of fused-ring (bicyclic) bond motifs is 2. The zero-order valence-corrected chi connectivity index (χ0v) is 17.0. The van der Waals surface area contributed by atoms with E-state index in [0.29, 0.717) is 31.0 Å². The monoisotopic (exact) mass is 432 g/mol. The molecule has 0 saturated carbocycles. The molecule has 1 aliphatic heterocycles. The van der Waals surface area contributed by atoms with Crippen molar-refractivity contribution in [2.45, 2.75) is 19.0 Å². The van der Waals surface area contributed by atoms with E-state index in [1.165, 1.54) is 12.1 Å². The van der Waals surface area contributed by atoms with Gasteiger partial charge in [-0.05, 0) is 35.7 Å². The van der Waals surface area contributed by atoms with E-state index in [0.717, 1.165) is 22.2 Å². The summed E-state index contributed by atoms with van der Waals surface area (Å²) in [5, 5.41) is 13.9. The molecule has 1 aliphatic rings. The summed E-state index contributed by atoms with van der Waals surface area (Å²) in [5.41, 5.74) is 9.10. The highest BCUT2D eigenvalue weighted by molar-refractivity contribution is 5.94. The number of para-hydroxylation sites is 1. The molecule has 32 heavy (non-hydrogen) atoms. The highest BCUT2D eigenvalue weighted by atomic mass is 19.1. The first kappa shape index (κ1) is 19.7. The summed E-state index contributed by atoms with van der Waals surface area (Å²) in [6.07, 6.45) is 2.35. The van der Waals surface area contributed by atoms with Gasteiger partial charge in [-0.2, -0.15) is 15.1 Å². The summed E-state index contributed by atoms with van der Waals surface area (Å²) in [6.45, 7) is 0.726. The lowest BCUT2D eigenvalue weighted by atomic mass is 9.98. The minimum Gasteiger partial charge on any atom is -0.368 e. The number of aromatic nitrogens is 4. The van der Waals surface area contributed by atoms with Gasteiger partial charge in [0.2, 0.25) is 5.95 Å². The van der Waals surface area contributed by atoms with E-state index in [9.17, 15) is 9.18 Å². The Hall–Kier alpha value is -4.21. The van der Waals surface area contributed by atoms with E-state index < -0.39 is 0 Å². The first-order valence-corrected chi connectivity index (χ1v) is 10.2. The Kier molecular flexibility index (Phi) is 5.02. The lowest BCUT2D eigenvalue weighted by molar-refractivity contribution is 0.245. The number of nitrogens with two attached hydrogens (primary N) is 1. The van der Waals surface area contributed by atoms with Crippen LogP contribution in [-0.2, 0) is 13.0 Å². The summed E-state index contributed by atoms with van der Waals surface area (Å²) in [6, 6.07) is 13.5. The lowest BCUT2D eigenvalue weighted by Crippen LogP contribution is -2.49. The highest BCUT2D eigenvalue weighted by Crippen LogP contribution is 2.29. The van der Waals surface area contributed by atoms with E-state index in [-0.39, 0.29) is 23.8 Å². The second kappa shape index (κ2) is 8.14. The number of nitrogen functional groups attached to an aromatic ring is 1. The van der Waals surface area contributed by atoms with Crippen LogP contribution >= 0.6 is 0 Å². The fourth-order valence-electron chi connectivity index (χ4n) is 3.92. The topological polar surface area (TPSA) is 125 Å². The van der Waals surface area contributed by atoms with Crippen LogP contribution in [0.15, 0.2) is 54.7 Å². The normalized spacial score (nSPS) is 15.4. The molecule has 5 rings (SSSR count). The number of rotatable bonds is 4. The number of nitrogens with zero attached hydrogens (tertiary/aromatic N) is 4. The first-order chi connectivity index (χ1) is 15.6. The van der Waals surface area contributed by atoms with Crippen molar-refractivity contribution in [1.29, 1.82) is 0 Å². The fraction of sp³-hybridized carbons (Fsp3) is 0.182. The van der Waals surface area contributed by atoms with Crippen molar-refractivity contribution >= 4 is 34.5 Å². The van der Waals surface area contributed by atoms with Gasteiger partial charge in [-0.25, -0.2) is 9.18 Å². The fourth-order valence-corrected chi connectivity index (χ4v) is 3.92. The van der Waals surface area contributed by atoms with E-state index in [1.807, 2.05) is 24.3 Å². The smallest absolute Gasteiger partial charge is 0.322 e. The van der Waals surface area contributed by atoms with Crippen molar-refractivity contribution in [2.75, 3.05) is 22.5 Å². The maximum absolute atomic E-state index is 13.1. The van der Waals surface area contributed by atoms with Crippen molar-refractivity contribution in [3.8, 4) is 0 Å². The summed E-state index contributed by atoms with van der Waals surface area (Å²) in [4.78, 5) is 23.2. The molecule has 9 nitrogen and oxygen atoms in total. The number of carbonyl (C=O) groups excluding carboxylic acids is 1. The average molecular weight is 432 g/mol. The Morgan fingerprint density at radius 2 is 2.00 bits per heavy atom. The molecule has 1 unspecified atom stereocenters. The summed E-state index contributed by atoms with van der Waals surface area (Å²) >= 11 is 0. The molecule has 0 radical (unpaired) electrons. The zero-order chi connectivity index (χ0) is 22.1. The number of amides is 2. The highest BCUT2D eigenvalue weighted by Gasteiger charge is 2.29. The predicted octanol–water partition coefficient (Wildman–Crippen LogP) is 2.83. The van der Waals surface area contributed by atoms with Crippen LogP contribution < -0.4 is 21.3 Å². The van der Waals surface area contributed by atoms with Crippen LogP contribution in [-0.4, -0.2) is 38.8 Å². The second-order valence-corrected chi connectivity index (χ2v) is 7.63. The maximum Gasteiger partial charge on any atom is 0.322 e. The number of hydrogen-bond acceptors (Lipinski definition) is 6. The molecule has 2 aromatic carbocycles. The SMILES string of the molecule is Nc1nc(NC2Cc3ccccc3N(C(=O)NCc3ccc(F)cc3)C2)c2cn[nH]c2n1. The van der Waals surface area contributed by atoms with Crippen LogP contribution in [0, 0.1) is 5.82 Å². The number of benzene rings is 2. The molecule has 2 amide bonds. The zero-order valence-electron chi connectivity index (χ0n) is 17.0. The van der Waals surface area contributed by atoms with Crippen molar-refractivity contribution in [2.24, 2.45) is 0 Å². The number of H-pyrrole nitrogens is 1. The number of halogens is 1. The Labute approximate surface area is 182 Å². The molecule has 10 heteroatoms. The molecule has 5 N–H and O–H groups in total. The minimum absolute atomic E-state index is 0.103. The van der Waals surface area contributed by atoms with Gasteiger partial charge in [-0.1, -0.05) is 30.3 Å². The molecule has 162 valence electrons. The van der Waals surface area contributed by atoms with Crippen LogP contribution in [0.3, 0.4) is 0 Å². The Balaban J connectivity index is 1.37. The van der Waals surface area contributed by atoms with Crippen molar-refractivity contribution < 1.29 is 9.18 Å². The van der Waals surface area contributed by atoms with Crippen LogP contribution in [0.4, 0.5) is 26.6 Å². The summed E-state index contributed by atoms with van der Waals surface area (Å²) in [7, 11) is 0. The van der Waals surface area contributed by atoms with Crippen LogP contribution in [0.1, 0.15) is 11.1 Å². The van der Waals surface area contributed by atoms with Gasteiger partial charge in [-0.3, -0.25) is 10.00 Å². The molecule has 0 fully saturated rings. The molecule has 0 saturated heterocycles. The Morgan fingerprint density at radius 1 is 1.19 bits per heavy atom. The molecular formula is C22H21FN8O. The third kappa shape index (κ3) is 3.89. The van der Waals surface area contributed by atoms with Gasteiger partial charge in [-0.15, -0.1) is 0 Å². The standard InChI is InChI=1S/C22H21FN8O/c23-15-7-5-13(6-8-15)10-25-22(32)31-12-16(9-14-3-1-2-4-18(14)31)27-19-17-11-26-30-20(17)29-21(24)28-19/h1-8,11,16H,9-10,12H2,(H,25,32)(H4,24,26,27,28,29,30). The molecule has 2 aromatic heterocycles. The maximum atomic E-state index is 13.1. The van der Waals surface area contributed by atoms with Gasteiger partial charge in [0.25, 0.3) is 0 Å². The quantitative estimate of drug-likeness (QED) is 0.393. The number of nitrogens with one attached hydrogen (secondary N) is 3. The first-order valence-electron chi connectivity index (χ1n) is 10.2. The molecule has 0 aliphatic carbocycles. The second-order valence-electron chi connectivity index (χ2n) is 7.63.